The van der Waals surface area contributed by atoms with Crippen molar-refractivity contribution in [3.63, 3.8) is 0 Å². The lowest BCUT2D eigenvalue weighted by Crippen LogP contribution is -2.14. The second-order valence-corrected chi connectivity index (χ2v) is 3.93. The van der Waals surface area contributed by atoms with E-state index in [0.29, 0.717) is 6.42 Å². The lowest BCUT2D eigenvalue weighted by atomic mass is 10.0. The Hall–Kier alpha value is -1.57. The molecule has 0 heterocycles. The van der Waals surface area contributed by atoms with Crippen LogP contribution in [0.4, 0.5) is 5.69 Å². The molecule has 0 spiro atoms. The number of anilines is 1. The summed E-state index contributed by atoms with van der Waals surface area (Å²) in [5.74, 6) is 0.225. The first-order valence-electron chi connectivity index (χ1n) is 5.33. The average molecular weight is 201 g/mol. The van der Waals surface area contributed by atoms with Gasteiger partial charge in [0.2, 0.25) is 0 Å². The van der Waals surface area contributed by atoms with Crippen LogP contribution < -0.4 is 5.32 Å². The predicted octanol–water partition coefficient (Wildman–Crippen LogP) is 3.04. The highest BCUT2D eigenvalue weighted by Gasteiger charge is 2.12. The Kier molecular flexibility index (Phi) is 2.86. The monoisotopic (exact) mass is 201 g/mol. The Labute approximate surface area is 90.0 Å². The fourth-order valence-electron chi connectivity index (χ4n) is 1.76. The van der Waals surface area contributed by atoms with Gasteiger partial charge in [0, 0.05) is 12.1 Å². The molecule has 1 aliphatic carbocycles. The van der Waals surface area contributed by atoms with Crippen LogP contribution in [0.5, 0.6) is 0 Å². The van der Waals surface area contributed by atoms with Crippen LogP contribution in [-0.4, -0.2) is 5.78 Å². The van der Waals surface area contributed by atoms with Crippen molar-refractivity contribution in [2.45, 2.75) is 26.2 Å². The Bertz CT molecular complexity index is 407. The summed E-state index contributed by atoms with van der Waals surface area (Å²) in [5.41, 5.74) is 2.95. The second kappa shape index (κ2) is 4.30. The minimum Gasteiger partial charge on any atom is -0.353 e. The first-order valence-corrected chi connectivity index (χ1v) is 5.33. The zero-order valence-electron chi connectivity index (χ0n) is 8.92. The van der Waals surface area contributed by atoms with E-state index < -0.39 is 0 Å². The maximum Gasteiger partial charge on any atom is 0.178 e. The van der Waals surface area contributed by atoms with Crippen molar-refractivity contribution < 1.29 is 4.79 Å². The molecule has 0 aromatic heterocycles. The molecule has 15 heavy (non-hydrogen) atoms. The minimum absolute atomic E-state index is 0.225. The molecule has 0 saturated heterocycles. The summed E-state index contributed by atoms with van der Waals surface area (Å²) in [6, 6.07) is 8.06. The molecule has 0 aliphatic heterocycles. The lowest BCUT2D eigenvalue weighted by Gasteiger charge is -2.14. The van der Waals surface area contributed by atoms with Crippen molar-refractivity contribution in [3.05, 3.63) is 41.6 Å². The molecule has 1 N–H and O–H groups in total. The van der Waals surface area contributed by atoms with Crippen molar-refractivity contribution in [2.24, 2.45) is 0 Å². The molecule has 1 aliphatic rings. The molecular formula is C13H15NO. The Morgan fingerprint density at radius 2 is 2.20 bits per heavy atom. The van der Waals surface area contributed by atoms with E-state index in [1.807, 2.05) is 37.3 Å². The number of benzene rings is 1. The molecule has 0 amide bonds. The molecule has 0 radical (unpaired) electrons. The van der Waals surface area contributed by atoms with Crippen molar-refractivity contribution >= 4 is 11.5 Å². The summed E-state index contributed by atoms with van der Waals surface area (Å²) in [7, 11) is 0. The number of ketones is 1. The highest BCUT2D eigenvalue weighted by molar-refractivity contribution is 5.98. The topological polar surface area (TPSA) is 29.1 Å². The number of carbonyl (C=O) groups excluding carboxylic acids is 1. The Balaban J connectivity index is 2.14. The summed E-state index contributed by atoms with van der Waals surface area (Å²) in [4.78, 5) is 11.6. The highest BCUT2D eigenvalue weighted by Crippen LogP contribution is 2.18. The summed E-state index contributed by atoms with van der Waals surface area (Å²) < 4.78 is 0. The van der Waals surface area contributed by atoms with Crippen molar-refractivity contribution in [1.29, 1.82) is 0 Å². The lowest BCUT2D eigenvalue weighted by molar-refractivity contribution is -0.115. The smallest absolute Gasteiger partial charge is 0.178 e. The SMILES string of the molecule is Cc1cccc(NC2=CCCCC2=O)c1. The van der Waals surface area contributed by atoms with Crippen LogP contribution in [-0.2, 0) is 4.79 Å². The zero-order chi connectivity index (χ0) is 10.7. The van der Waals surface area contributed by atoms with Gasteiger partial charge in [0.1, 0.15) is 0 Å². The van der Waals surface area contributed by atoms with E-state index in [0.717, 1.165) is 24.2 Å². The molecule has 2 nitrogen and oxygen atoms in total. The molecule has 0 unspecified atom stereocenters. The number of allylic oxidation sites excluding steroid dienone is 2. The molecule has 78 valence electrons. The number of hydrogen-bond donors (Lipinski definition) is 1. The molecule has 0 bridgehead atoms. The van der Waals surface area contributed by atoms with E-state index in [2.05, 4.69) is 5.32 Å². The number of hydrogen-bond acceptors (Lipinski definition) is 2. The number of rotatable bonds is 2. The van der Waals surface area contributed by atoms with Gasteiger partial charge in [-0.05, 0) is 37.5 Å². The van der Waals surface area contributed by atoms with Gasteiger partial charge in [0.05, 0.1) is 5.70 Å². The van der Waals surface area contributed by atoms with Crippen LogP contribution in [0.1, 0.15) is 24.8 Å². The second-order valence-electron chi connectivity index (χ2n) is 3.93. The predicted molar refractivity (Wildman–Crippen MR) is 61.7 cm³/mol. The number of nitrogens with one attached hydrogen (secondary N) is 1. The first kappa shape index (κ1) is 9.97. The van der Waals surface area contributed by atoms with Gasteiger partial charge in [0.25, 0.3) is 0 Å². The Morgan fingerprint density at radius 3 is 2.93 bits per heavy atom. The van der Waals surface area contributed by atoms with E-state index in [9.17, 15) is 4.79 Å². The van der Waals surface area contributed by atoms with Gasteiger partial charge in [-0.25, -0.2) is 0 Å². The van der Waals surface area contributed by atoms with E-state index in [1.54, 1.807) is 0 Å². The van der Waals surface area contributed by atoms with Gasteiger partial charge >= 0.3 is 0 Å². The van der Waals surface area contributed by atoms with E-state index >= 15 is 0 Å². The highest BCUT2D eigenvalue weighted by atomic mass is 16.1. The maximum absolute atomic E-state index is 11.6. The fraction of sp³-hybridized carbons (Fsp3) is 0.308. The van der Waals surface area contributed by atoms with Gasteiger partial charge in [-0.3, -0.25) is 4.79 Å². The van der Waals surface area contributed by atoms with E-state index in [1.165, 1.54) is 5.56 Å². The molecular weight excluding hydrogens is 186 g/mol. The van der Waals surface area contributed by atoms with Gasteiger partial charge < -0.3 is 5.32 Å². The standard InChI is InChI=1S/C13H15NO/c1-10-5-4-6-11(9-10)14-12-7-2-3-8-13(12)15/h4-7,9,14H,2-3,8H2,1H3. The summed E-state index contributed by atoms with van der Waals surface area (Å²) in [6.45, 7) is 2.04. The van der Waals surface area contributed by atoms with Gasteiger partial charge in [-0.15, -0.1) is 0 Å². The molecule has 2 heteroatoms. The van der Waals surface area contributed by atoms with Gasteiger partial charge in [0.15, 0.2) is 5.78 Å². The van der Waals surface area contributed by atoms with Crippen LogP contribution in [0.2, 0.25) is 0 Å². The van der Waals surface area contributed by atoms with Gasteiger partial charge in [-0.2, -0.15) is 0 Å². The van der Waals surface area contributed by atoms with E-state index in [-0.39, 0.29) is 5.78 Å². The largest absolute Gasteiger partial charge is 0.353 e. The van der Waals surface area contributed by atoms with Crippen molar-refractivity contribution in [3.8, 4) is 0 Å². The average Bonchev–Trinajstić information content (AvgIpc) is 2.22. The molecule has 1 aromatic carbocycles. The number of aryl methyl sites for hydroxylation is 1. The number of carbonyl (C=O) groups is 1. The molecule has 1 aromatic rings. The van der Waals surface area contributed by atoms with Crippen LogP contribution in [0.25, 0.3) is 0 Å². The first-order chi connectivity index (χ1) is 7.25. The summed E-state index contributed by atoms with van der Waals surface area (Å²) in [5, 5.41) is 3.18. The maximum atomic E-state index is 11.6. The third-order valence-electron chi connectivity index (χ3n) is 2.55. The normalized spacial score (nSPS) is 16.1. The third-order valence-corrected chi connectivity index (χ3v) is 2.55. The van der Waals surface area contributed by atoms with Crippen molar-refractivity contribution in [1.82, 2.24) is 0 Å². The summed E-state index contributed by atoms with van der Waals surface area (Å²) in [6.07, 6.45) is 4.65. The molecule has 0 atom stereocenters. The third kappa shape index (κ3) is 2.46. The van der Waals surface area contributed by atoms with Crippen LogP contribution in [0.15, 0.2) is 36.0 Å². The van der Waals surface area contributed by atoms with Crippen LogP contribution >= 0.6 is 0 Å². The van der Waals surface area contributed by atoms with Crippen LogP contribution in [0.3, 0.4) is 0 Å². The quantitative estimate of drug-likeness (QED) is 0.796. The minimum atomic E-state index is 0.225. The fourth-order valence-corrected chi connectivity index (χ4v) is 1.76. The molecule has 0 fully saturated rings. The van der Waals surface area contributed by atoms with Crippen LogP contribution in [0, 0.1) is 6.92 Å². The number of Topliss-reactive ketones (excluding diaryl/α,β-unsaturated/α-hetero) is 1. The summed E-state index contributed by atoms with van der Waals surface area (Å²) >= 11 is 0. The molecule has 2 rings (SSSR count). The van der Waals surface area contributed by atoms with Crippen molar-refractivity contribution in [2.75, 3.05) is 5.32 Å². The Morgan fingerprint density at radius 1 is 1.33 bits per heavy atom. The van der Waals surface area contributed by atoms with Gasteiger partial charge in [-0.1, -0.05) is 18.2 Å². The molecule has 0 saturated carbocycles. The van der Waals surface area contributed by atoms with E-state index in [4.69, 9.17) is 0 Å². The zero-order valence-corrected chi connectivity index (χ0v) is 8.92.